The van der Waals surface area contributed by atoms with E-state index in [-0.39, 0.29) is 11.6 Å². The lowest BCUT2D eigenvalue weighted by atomic mass is 10.1. The summed E-state index contributed by atoms with van der Waals surface area (Å²) in [5, 5.41) is 7.14. The molecule has 1 N–H and O–H groups in total. The highest BCUT2D eigenvalue weighted by Crippen LogP contribution is 2.21. The molecule has 0 aliphatic carbocycles. The maximum absolute atomic E-state index is 11.8. The molecule has 0 spiro atoms. The third-order valence-corrected chi connectivity index (χ3v) is 5.33. The highest BCUT2D eigenvalue weighted by molar-refractivity contribution is 9.10. The number of anilines is 1. The van der Waals surface area contributed by atoms with E-state index in [1.165, 1.54) is 15.2 Å². The smallest absolute Gasteiger partial charge is 0.282 e. The number of aryl methyl sites for hydroxylation is 1. The number of nitrogens with zero attached hydrogens (tertiary/aromatic N) is 3. The van der Waals surface area contributed by atoms with Crippen molar-refractivity contribution in [2.24, 2.45) is 7.05 Å². The van der Waals surface area contributed by atoms with Gasteiger partial charge < -0.3 is 5.32 Å². The van der Waals surface area contributed by atoms with Crippen LogP contribution in [0.5, 0.6) is 0 Å². The topological polar surface area (TPSA) is 84.3 Å². The van der Waals surface area contributed by atoms with Crippen LogP contribution < -0.4 is 10.9 Å². The molecular formula is C11H17BrN4O3S. The van der Waals surface area contributed by atoms with Crippen molar-refractivity contribution in [2.75, 3.05) is 24.7 Å². The molecule has 0 radical (unpaired) electrons. The van der Waals surface area contributed by atoms with Crippen molar-refractivity contribution in [3.8, 4) is 0 Å². The summed E-state index contributed by atoms with van der Waals surface area (Å²) in [6.07, 6.45) is 4.42. The Balaban J connectivity index is 2.15. The number of nitrogens with one attached hydrogen (secondary N) is 1. The molecule has 1 unspecified atom stereocenters. The van der Waals surface area contributed by atoms with Crippen molar-refractivity contribution in [3.63, 3.8) is 0 Å². The molecule has 1 saturated heterocycles. The van der Waals surface area contributed by atoms with E-state index in [4.69, 9.17) is 0 Å². The Labute approximate surface area is 126 Å². The van der Waals surface area contributed by atoms with Gasteiger partial charge in [-0.2, -0.15) is 5.10 Å². The van der Waals surface area contributed by atoms with E-state index in [9.17, 15) is 13.2 Å². The van der Waals surface area contributed by atoms with E-state index < -0.39 is 10.0 Å². The molecule has 1 aliphatic heterocycles. The van der Waals surface area contributed by atoms with E-state index in [1.54, 1.807) is 13.2 Å². The molecule has 1 fully saturated rings. The van der Waals surface area contributed by atoms with E-state index in [2.05, 4.69) is 26.3 Å². The Kier molecular flexibility index (Phi) is 4.50. The lowest BCUT2D eigenvalue weighted by molar-refractivity contribution is 0.329. The fraction of sp³-hybridized carbons (Fsp3) is 0.636. The van der Waals surface area contributed by atoms with Gasteiger partial charge in [0.15, 0.2) is 0 Å². The second-order valence-electron chi connectivity index (χ2n) is 4.91. The van der Waals surface area contributed by atoms with Crippen molar-refractivity contribution in [1.82, 2.24) is 14.1 Å². The normalized spacial score (nSPS) is 20.9. The van der Waals surface area contributed by atoms with Gasteiger partial charge in [-0.3, -0.25) is 4.79 Å². The standard InChI is InChI=1S/C11H17BrN4O3S/c1-15-11(17)10(12)9(6-13-15)14-8-4-3-5-16(7-8)20(2,18)19/h6,8,14H,3-5,7H2,1-2H3. The summed E-state index contributed by atoms with van der Waals surface area (Å²) in [6.45, 7) is 0.952. The van der Waals surface area contributed by atoms with Gasteiger partial charge in [-0.15, -0.1) is 0 Å². The molecule has 2 heterocycles. The van der Waals surface area contributed by atoms with Gasteiger partial charge in [0.2, 0.25) is 10.0 Å². The second-order valence-corrected chi connectivity index (χ2v) is 7.68. The first-order valence-corrected chi connectivity index (χ1v) is 8.86. The third kappa shape index (κ3) is 3.39. The predicted octanol–water partition coefficient (Wildman–Crippen LogP) is 0.379. The SMILES string of the molecule is Cn1ncc(NC2CCCN(S(C)(=O)=O)C2)c(Br)c1=O. The van der Waals surface area contributed by atoms with Crippen LogP contribution in [0.3, 0.4) is 0 Å². The van der Waals surface area contributed by atoms with Crippen LogP contribution in [0, 0.1) is 0 Å². The van der Waals surface area contributed by atoms with Gasteiger partial charge in [-0.25, -0.2) is 17.4 Å². The Morgan fingerprint density at radius 1 is 1.50 bits per heavy atom. The highest BCUT2D eigenvalue weighted by atomic mass is 79.9. The molecule has 1 atom stereocenters. The molecule has 1 aliphatic rings. The first kappa shape index (κ1) is 15.5. The van der Waals surface area contributed by atoms with Crippen molar-refractivity contribution < 1.29 is 8.42 Å². The molecule has 1 aromatic heterocycles. The summed E-state index contributed by atoms with van der Waals surface area (Å²) in [5.41, 5.74) is 0.360. The molecule has 2 rings (SSSR count). The van der Waals surface area contributed by atoms with Gasteiger partial charge in [0, 0.05) is 26.2 Å². The fourth-order valence-electron chi connectivity index (χ4n) is 2.19. The van der Waals surface area contributed by atoms with Crippen LogP contribution in [0.4, 0.5) is 5.69 Å². The molecule has 0 amide bonds. The molecule has 7 nitrogen and oxygen atoms in total. The molecule has 0 saturated carbocycles. The summed E-state index contributed by atoms with van der Waals surface area (Å²) >= 11 is 3.24. The summed E-state index contributed by atoms with van der Waals surface area (Å²) in [6, 6.07) is -0.0244. The van der Waals surface area contributed by atoms with E-state index >= 15 is 0 Å². The number of hydrogen-bond donors (Lipinski definition) is 1. The van der Waals surface area contributed by atoms with Crippen LogP contribution >= 0.6 is 15.9 Å². The zero-order valence-corrected chi connectivity index (χ0v) is 13.7. The highest BCUT2D eigenvalue weighted by Gasteiger charge is 2.26. The Hall–Kier alpha value is -0.930. The maximum atomic E-state index is 11.8. The minimum atomic E-state index is -3.18. The monoisotopic (exact) mass is 364 g/mol. The molecule has 1 aromatic rings. The van der Waals surface area contributed by atoms with E-state index in [1.807, 2.05) is 0 Å². The zero-order chi connectivity index (χ0) is 14.9. The molecule has 112 valence electrons. The second kappa shape index (κ2) is 5.82. The third-order valence-electron chi connectivity index (χ3n) is 3.29. The van der Waals surface area contributed by atoms with E-state index in [0.29, 0.717) is 23.2 Å². The largest absolute Gasteiger partial charge is 0.379 e. The van der Waals surface area contributed by atoms with Gasteiger partial charge in [0.1, 0.15) is 4.47 Å². The van der Waals surface area contributed by atoms with Crippen molar-refractivity contribution >= 4 is 31.6 Å². The van der Waals surface area contributed by atoms with Crippen molar-refractivity contribution in [2.45, 2.75) is 18.9 Å². The number of sulfonamides is 1. The first-order chi connectivity index (χ1) is 9.29. The average molecular weight is 365 g/mol. The Morgan fingerprint density at radius 3 is 2.85 bits per heavy atom. The number of rotatable bonds is 3. The van der Waals surface area contributed by atoms with Crippen LogP contribution in [0.2, 0.25) is 0 Å². The van der Waals surface area contributed by atoms with Crippen LogP contribution in [0.15, 0.2) is 15.5 Å². The Morgan fingerprint density at radius 2 is 2.20 bits per heavy atom. The number of halogens is 1. The number of piperidine rings is 1. The summed E-state index contributed by atoms with van der Waals surface area (Å²) in [7, 11) is -1.60. The van der Waals surface area contributed by atoms with E-state index in [0.717, 1.165) is 12.8 Å². The minimum Gasteiger partial charge on any atom is -0.379 e. The minimum absolute atomic E-state index is 0.0244. The van der Waals surface area contributed by atoms with Crippen LogP contribution in [0.25, 0.3) is 0 Å². The van der Waals surface area contributed by atoms with Crippen molar-refractivity contribution in [1.29, 1.82) is 0 Å². The lowest BCUT2D eigenvalue weighted by Gasteiger charge is -2.32. The van der Waals surface area contributed by atoms with Crippen LogP contribution in [0.1, 0.15) is 12.8 Å². The Bertz CT molecular complexity index is 658. The van der Waals surface area contributed by atoms with Gasteiger partial charge in [-0.1, -0.05) is 0 Å². The van der Waals surface area contributed by atoms with Gasteiger partial charge in [0.25, 0.3) is 5.56 Å². The number of hydrogen-bond acceptors (Lipinski definition) is 5. The predicted molar refractivity (Wildman–Crippen MR) is 80.2 cm³/mol. The lowest BCUT2D eigenvalue weighted by Crippen LogP contribution is -2.44. The van der Waals surface area contributed by atoms with Crippen molar-refractivity contribution in [3.05, 3.63) is 21.0 Å². The zero-order valence-electron chi connectivity index (χ0n) is 11.3. The summed E-state index contributed by atoms with van der Waals surface area (Å²) in [5.74, 6) is 0. The van der Waals surface area contributed by atoms with Gasteiger partial charge >= 0.3 is 0 Å². The average Bonchev–Trinajstić information content (AvgIpc) is 2.39. The van der Waals surface area contributed by atoms with Gasteiger partial charge in [0.05, 0.1) is 18.1 Å². The summed E-state index contributed by atoms with van der Waals surface area (Å²) in [4.78, 5) is 11.8. The van der Waals surface area contributed by atoms with Gasteiger partial charge in [-0.05, 0) is 28.8 Å². The summed E-state index contributed by atoms with van der Waals surface area (Å²) < 4.78 is 26.2. The van der Waals surface area contributed by atoms with Crippen LogP contribution in [-0.4, -0.2) is 47.9 Å². The first-order valence-electron chi connectivity index (χ1n) is 6.22. The molecule has 20 heavy (non-hydrogen) atoms. The van der Waals surface area contributed by atoms with Crippen LogP contribution in [-0.2, 0) is 17.1 Å². The maximum Gasteiger partial charge on any atom is 0.282 e. The molecule has 0 aromatic carbocycles. The molecule has 0 bridgehead atoms. The molecule has 9 heteroatoms. The molecular weight excluding hydrogens is 348 g/mol. The quantitative estimate of drug-likeness (QED) is 0.837. The fourth-order valence-corrected chi connectivity index (χ4v) is 3.58. The number of aromatic nitrogens is 2.